The average Bonchev–Trinajstić information content (AvgIpc) is 3.27. The maximum atomic E-state index is 12.8. The summed E-state index contributed by atoms with van der Waals surface area (Å²) in [6.07, 6.45) is 0. The number of non-ortho nitro benzene ring substituents is 1. The van der Waals surface area contributed by atoms with Crippen molar-refractivity contribution in [3.8, 4) is 22.8 Å². The smallest absolute Gasteiger partial charge is 0.286 e. The van der Waals surface area contributed by atoms with Gasteiger partial charge in [0.2, 0.25) is 0 Å². The lowest BCUT2D eigenvalue weighted by Crippen LogP contribution is -2.15. The first-order chi connectivity index (χ1) is 15.8. The number of hydrogen-bond donors (Lipinski definition) is 1. The zero-order chi connectivity index (χ0) is 24.0. The molecule has 0 aliphatic heterocycles. The van der Waals surface area contributed by atoms with Gasteiger partial charge in [0, 0.05) is 36.3 Å². The quantitative estimate of drug-likeness (QED) is 0.261. The highest BCUT2D eigenvalue weighted by Crippen LogP contribution is 2.35. The molecule has 0 saturated heterocycles. The van der Waals surface area contributed by atoms with Crippen LogP contribution in [0.1, 0.15) is 10.4 Å². The van der Waals surface area contributed by atoms with Crippen molar-refractivity contribution in [1.82, 2.24) is 4.98 Å². The highest BCUT2D eigenvalue weighted by atomic mass is 32.1. The Morgan fingerprint density at radius 2 is 1.88 bits per heavy atom. The summed E-state index contributed by atoms with van der Waals surface area (Å²) in [5.74, 6) is -0.540. The van der Waals surface area contributed by atoms with Gasteiger partial charge in [0.1, 0.15) is 12.2 Å². The van der Waals surface area contributed by atoms with Crippen molar-refractivity contribution < 1.29 is 28.9 Å². The Hall–Kier alpha value is -4.10. The number of thiazole rings is 1. The van der Waals surface area contributed by atoms with E-state index < -0.39 is 21.4 Å². The summed E-state index contributed by atoms with van der Waals surface area (Å²) >= 11 is 1.07. The van der Waals surface area contributed by atoms with Crippen LogP contribution in [0.5, 0.6) is 11.5 Å². The molecule has 3 rings (SSSR count). The summed E-state index contributed by atoms with van der Waals surface area (Å²) in [6, 6.07) is 8.21. The summed E-state index contributed by atoms with van der Waals surface area (Å²) in [5.41, 5.74) is 0.0833. The SMILES string of the molecule is COCCOc1cc([N+](=O)[O-])c(C(=O)Nc2nc(-c3cccc([N+](=O)[O-])c3)cs2)cc1OC. The first-order valence-electron chi connectivity index (χ1n) is 9.34. The van der Waals surface area contributed by atoms with Crippen molar-refractivity contribution in [2.75, 3.05) is 32.8 Å². The number of hydrogen-bond acceptors (Lipinski definition) is 10. The molecule has 0 fully saturated rings. The van der Waals surface area contributed by atoms with Crippen molar-refractivity contribution in [2.45, 2.75) is 0 Å². The third kappa shape index (κ3) is 5.58. The van der Waals surface area contributed by atoms with E-state index in [0.717, 1.165) is 17.4 Å². The maximum Gasteiger partial charge on any atom is 0.286 e. The molecule has 172 valence electrons. The van der Waals surface area contributed by atoms with Gasteiger partial charge >= 0.3 is 0 Å². The van der Waals surface area contributed by atoms with E-state index in [9.17, 15) is 25.0 Å². The minimum absolute atomic E-state index is 0.0957. The number of rotatable bonds is 10. The van der Waals surface area contributed by atoms with E-state index in [0.29, 0.717) is 11.3 Å². The number of methoxy groups -OCH3 is 2. The van der Waals surface area contributed by atoms with Crippen LogP contribution in [-0.2, 0) is 4.74 Å². The lowest BCUT2D eigenvalue weighted by Gasteiger charge is -2.12. The lowest BCUT2D eigenvalue weighted by molar-refractivity contribution is -0.385. The number of carbonyl (C=O) groups is 1. The summed E-state index contributed by atoms with van der Waals surface area (Å²) in [7, 11) is 2.83. The molecule has 0 aliphatic carbocycles. The summed E-state index contributed by atoms with van der Waals surface area (Å²) in [6.45, 7) is 0.394. The number of nitrogens with zero attached hydrogens (tertiary/aromatic N) is 3. The fourth-order valence-electron chi connectivity index (χ4n) is 2.80. The number of benzene rings is 2. The average molecular weight is 474 g/mol. The third-order valence-corrected chi connectivity index (χ3v) is 5.10. The van der Waals surface area contributed by atoms with Crippen LogP contribution in [0.3, 0.4) is 0 Å². The molecule has 33 heavy (non-hydrogen) atoms. The normalized spacial score (nSPS) is 10.5. The number of amides is 1. The molecule has 0 aliphatic rings. The number of nitro groups is 2. The molecule has 3 aromatic rings. The molecule has 13 heteroatoms. The van der Waals surface area contributed by atoms with Crippen molar-refractivity contribution >= 4 is 33.8 Å². The fraction of sp³-hybridized carbons (Fsp3) is 0.200. The molecule has 2 aromatic carbocycles. The van der Waals surface area contributed by atoms with E-state index in [1.165, 1.54) is 38.5 Å². The van der Waals surface area contributed by atoms with E-state index in [-0.39, 0.29) is 41.1 Å². The minimum Gasteiger partial charge on any atom is -0.493 e. The fourth-order valence-corrected chi connectivity index (χ4v) is 3.51. The number of nitro benzene ring substituents is 2. The molecule has 0 spiro atoms. The first-order valence-corrected chi connectivity index (χ1v) is 10.2. The van der Waals surface area contributed by atoms with E-state index in [2.05, 4.69) is 10.3 Å². The zero-order valence-corrected chi connectivity index (χ0v) is 18.3. The lowest BCUT2D eigenvalue weighted by atomic mass is 10.1. The summed E-state index contributed by atoms with van der Waals surface area (Å²) in [5, 5.41) is 26.8. The van der Waals surface area contributed by atoms with Gasteiger partial charge in [-0.15, -0.1) is 11.3 Å². The Morgan fingerprint density at radius 1 is 1.09 bits per heavy atom. The van der Waals surface area contributed by atoms with Gasteiger partial charge in [-0.25, -0.2) is 4.98 Å². The first kappa shape index (κ1) is 23.6. The van der Waals surface area contributed by atoms with Gasteiger partial charge in [-0.3, -0.25) is 30.3 Å². The molecule has 0 saturated carbocycles. The summed E-state index contributed by atoms with van der Waals surface area (Å²) < 4.78 is 15.5. The van der Waals surface area contributed by atoms with Gasteiger partial charge in [0.05, 0.1) is 35.3 Å². The largest absolute Gasteiger partial charge is 0.493 e. The number of anilines is 1. The van der Waals surface area contributed by atoms with Gasteiger partial charge in [-0.05, 0) is 0 Å². The molecule has 1 N–H and O–H groups in total. The van der Waals surface area contributed by atoms with Gasteiger partial charge < -0.3 is 14.2 Å². The van der Waals surface area contributed by atoms with E-state index in [4.69, 9.17) is 14.2 Å². The molecular formula is C20H18N4O8S. The highest BCUT2D eigenvalue weighted by molar-refractivity contribution is 7.14. The monoisotopic (exact) mass is 474 g/mol. The number of carbonyl (C=O) groups excluding carboxylic acids is 1. The second-order valence-electron chi connectivity index (χ2n) is 6.42. The Balaban J connectivity index is 1.86. The third-order valence-electron chi connectivity index (χ3n) is 4.35. The standard InChI is InChI=1S/C20H18N4O8S/c1-30-6-7-32-18-10-16(24(28)29)14(9-17(18)31-2)19(25)22-20-21-15(11-33-20)12-4-3-5-13(8-12)23(26)27/h3-5,8-11H,6-7H2,1-2H3,(H,21,22,25). The molecular weight excluding hydrogens is 456 g/mol. The molecule has 1 amide bonds. The second kappa shape index (κ2) is 10.5. The molecule has 12 nitrogen and oxygen atoms in total. The van der Waals surface area contributed by atoms with Crippen LogP contribution >= 0.6 is 11.3 Å². The van der Waals surface area contributed by atoms with E-state index >= 15 is 0 Å². The Morgan fingerprint density at radius 3 is 2.55 bits per heavy atom. The van der Waals surface area contributed by atoms with Crippen molar-refractivity contribution in [3.63, 3.8) is 0 Å². The molecule has 0 unspecified atom stereocenters. The predicted octanol–water partition coefficient (Wildman–Crippen LogP) is 3.91. The zero-order valence-electron chi connectivity index (χ0n) is 17.5. The van der Waals surface area contributed by atoms with Crippen LogP contribution in [0.4, 0.5) is 16.5 Å². The van der Waals surface area contributed by atoms with Crippen molar-refractivity contribution in [2.24, 2.45) is 0 Å². The van der Waals surface area contributed by atoms with Gasteiger partial charge in [0.15, 0.2) is 16.6 Å². The Labute approximate surface area is 191 Å². The van der Waals surface area contributed by atoms with E-state index in [1.807, 2.05) is 0 Å². The Bertz CT molecular complexity index is 1200. The second-order valence-corrected chi connectivity index (χ2v) is 7.28. The molecule has 1 heterocycles. The highest BCUT2D eigenvalue weighted by Gasteiger charge is 2.25. The van der Waals surface area contributed by atoms with Crippen LogP contribution in [0.15, 0.2) is 41.8 Å². The number of ether oxygens (including phenoxy) is 3. The number of nitrogens with one attached hydrogen (secondary N) is 1. The van der Waals surface area contributed by atoms with Gasteiger partial charge in [0.25, 0.3) is 17.3 Å². The van der Waals surface area contributed by atoms with E-state index in [1.54, 1.807) is 11.4 Å². The van der Waals surface area contributed by atoms with Crippen LogP contribution in [0, 0.1) is 20.2 Å². The molecule has 1 aromatic heterocycles. The molecule has 0 atom stereocenters. The van der Waals surface area contributed by atoms with Crippen LogP contribution in [0.2, 0.25) is 0 Å². The molecule has 0 radical (unpaired) electrons. The van der Waals surface area contributed by atoms with Gasteiger partial charge in [-0.1, -0.05) is 12.1 Å². The van der Waals surface area contributed by atoms with Crippen LogP contribution < -0.4 is 14.8 Å². The Kier molecular flexibility index (Phi) is 7.48. The molecule has 0 bridgehead atoms. The predicted molar refractivity (Wildman–Crippen MR) is 119 cm³/mol. The van der Waals surface area contributed by atoms with Crippen LogP contribution in [0.25, 0.3) is 11.3 Å². The minimum atomic E-state index is -0.775. The number of aromatic nitrogens is 1. The van der Waals surface area contributed by atoms with Crippen molar-refractivity contribution in [3.05, 3.63) is 67.6 Å². The van der Waals surface area contributed by atoms with Gasteiger partial charge in [-0.2, -0.15) is 0 Å². The summed E-state index contributed by atoms with van der Waals surface area (Å²) in [4.78, 5) is 38.4. The topological polar surface area (TPSA) is 156 Å². The maximum absolute atomic E-state index is 12.8. The van der Waals surface area contributed by atoms with Crippen LogP contribution in [-0.4, -0.2) is 48.2 Å². The van der Waals surface area contributed by atoms with Crippen molar-refractivity contribution in [1.29, 1.82) is 0 Å².